The highest BCUT2D eigenvalue weighted by Crippen LogP contribution is 2.40. The zero-order valence-corrected chi connectivity index (χ0v) is 17.7. The lowest BCUT2D eigenvalue weighted by Crippen LogP contribution is -2.20. The van der Waals surface area contributed by atoms with E-state index in [0.717, 1.165) is 28.6 Å². The number of anilines is 2. The van der Waals surface area contributed by atoms with Crippen molar-refractivity contribution < 1.29 is 14.6 Å². The van der Waals surface area contributed by atoms with Crippen molar-refractivity contribution in [1.29, 1.82) is 0 Å². The largest absolute Gasteiger partial charge is 0.323 e. The molecule has 4 aromatic carbocycles. The minimum Gasteiger partial charge on any atom is -0.307 e. The van der Waals surface area contributed by atoms with Crippen molar-refractivity contribution in [2.75, 3.05) is 10.6 Å². The molecule has 4 rings (SSSR count). The van der Waals surface area contributed by atoms with Crippen LogP contribution in [0.3, 0.4) is 0 Å². The number of non-ortho nitro benzene ring substituents is 1. The topological polar surface area (TPSA) is 127 Å². The number of amides is 2. The van der Waals surface area contributed by atoms with Gasteiger partial charge in [0.1, 0.15) is 0 Å². The summed E-state index contributed by atoms with van der Waals surface area (Å²) in [5.74, 6) is 0. The summed E-state index contributed by atoms with van der Waals surface area (Å²) in [6.45, 7) is 0. The molecule has 0 atom stereocenters. The van der Waals surface area contributed by atoms with Gasteiger partial charge in [0.05, 0.1) is 32.2 Å². The molecule has 33 heavy (non-hydrogen) atoms. The first-order valence-electron chi connectivity index (χ1n) is 9.68. The van der Waals surface area contributed by atoms with Crippen molar-refractivity contribution in [3.05, 3.63) is 105 Å². The second kappa shape index (κ2) is 9.37. The predicted octanol–water partition coefficient (Wildman–Crippen LogP) is 6.45. The SMILES string of the molecule is O=C(Nc1ccccc1Sc1ccc([N+](=O)[O-])cc1[N+](=O)[O-])Nc1cccc2ccccc12. The Bertz CT molecular complexity index is 1390. The Morgan fingerprint density at radius 1 is 0.727 bits per heavy atom. The highest BCUT2D eigenvalue weighted by atomic mass is 32.2. The number of hydrogen-bond donors (Lipinski definition) is 2. The highest BCUT2D eigenvalue weighted by Gasteiger charge is 2.21. The quantitative estimate of drug-likeness (QED) is 0.251. The van der Waals surface area contributed by atoms with E-state index in [-0.39, 0.29) is 16.3 Å². The molecule has 0 saturated carbocycles. The normalized spacial score (nSPS) is 10.5. The van der Waals surface area contributed by atoms with E-state index in [9.17, 15) is 25.0 Å². The fourth-order valence-electron chi connectivity index (χ4n) is 3.24. The van der Waals surface area contributed by atoms with Gasteiger partial charge in [-0.2, -0.15) is 0 Å². The van der Waals surface area contributed by atoms with Gasteiger partial charge in [0.15, 0.2) is 0 Å². The highest BCUT2D eigenvalue weighted by molar-refractivity contribution is 7.99. The Morgan fingerprint density at radius 2 is 1.39 bits per heavy atom. The molecule has 2 amide bonds. The third kappa shape index (κ3) is 4.91. The maximum absolute atomic E-state index is 12.7. The zero-order chi connectivity index (χ0) is 23.4. The standard InChI is InChI=1S/C23H16N4O5S/c28-23(24-18-10-5-7-15-6-1-2-8-17(15)18)25-19-9-3-4-11-21(19)33-22-13-12-16(26(29)30)14-20(22)27(31)32/h1-14H,(H2,24,25,28). The van der Waals surface area contributed by atoms with Crippen LogP contribution in [0.4, 0.5) is 27.5 Å². The first-order valence-corrected chi connectivity index (χ1v) is 10.5. The van der Waals surface area contributed by atoms with Crippen LogP contribution in [0, 0.1) is 20.2 Å². The molecule has 164 valence electrons. The lowest BCUT2D eigenvalue weighted by molar-refractivity contribution is -0.396. The minimum atomic E-state index is -0.686. The molecule has 0 radical (unpaired) electrons. The summed E-state index contributed by atoms with van der Waals surface area (Å²) in [5, 5.41) is 29.9. The number of hydrogen-bond acceptors (Lipinski definition) is 6. The first kappa shape index (κ1) is 21.8. The molecule has 0 unspecified atom stereocenters. The van der Waals surface area contributed by atoms with E-state index in [2.05, 4.69) is 10.6 Å². The Balaban J connectivity index is 1.58. The fraction of sp³-hybridized carbons (Fsp3) is 0. The van der Waals surface area contributed by atoms with Gasteiger partial charge in [-0.05, 0) is 29.7 Å². The van der Waals surface area contributed by atoms with Gasteiger partial charge in [-0.1, -0.05) is 60.3 Å². The van der Waals surface area contributed by atoms with Crippen molar-refractivity contribution in [1.82, 2.24) is 0 Å². The first-order chi connectivity index (χ1) is 15.9. The second-order valence-corrected chi connectivity index (χ2v) is 7.95. The average Bonchev–Trinajstić information content (AvgIpc) is 2.80. The van der Waals surface area contributed by atoms with Crippen molar-refractivity contribution in [3.8, 4) is 0 Å². The van der Waals surface area contributed by atoms with E-state index in [0.29, 0.717) is 16.3 Å². The molecule has 10 heteroatoms. The molecule has 4 aromatic rings. The lowest BCUT2D eigenvalue weighted by Gasteiger charge is -2.13. The van der Waals surface area contributed by atoms with Crippen molar-refractivity contribution >= 4 is 51.3 Å². The zero-order valence-electron chi connectivity index (χ0n) is 16.9. The third-order valence-electron chi connectivity index (χ3n) is 4.74. The number of benzene rings is 4. The van der Waals surface area contributed by atoms with E-state index < -0.39 is 15.9 Å². The molecule has 2 N–H and O–H groups in total. The van der Waals surface area contributed by atoms with E-state index in [1.165, 1.54) is 12.1 Å². The van der Waals surface area contributed by atoms with Crippen LogP contribution in [-0.4, -0.2) is 15.9 Å². The number of carbonyl (C=O) groups excluding carboxylic acids is 1. The van der Waals surface area contributed by atoms with Gasteiger partial charge in [0.25, 0.3) is 11.4 Å². The summed E-state index contributed by atoms with van der Waals surface area (Å²) in [6.07, 6.45) is 0. The maximum Gasteiger partial charge on any atom is 0.323 e. The smallest absolute Gasteiger partial charge is 0.307 e. The van der Waals surface area contributed by atoms with Gasteiger partial charge in [-0.15, -0.1) is 0 Å². The van der Waals surface area contributed by atoms with E-state index in [4.69, 9.17) is 0 Å². The lowest BCUT2D eigenvalue weighted by atomic mass is 10.1. The van der Waals surface area contributed by atoms with Gasteiger partial charge >= 0.3 is 6.03 Å². The molecule has 0 fully saturated rings. The number of nitro benzene ring substituents is 2. The van der Waals surface area contributed by atoms with Crippen LogP contribution >= 0.6 is 11.8 Å². The summed E-state index contributed by atoms with van der Waals surface area (Å²) in [6, 6.07) is 23.0. The molecule has 0 aliphatic heterocycles. The Kier molecular flexibility index (Phi) is 6.18. The van der Waals surface area contributed by atoms with Crippen molar-refractivity contribution in [3.63, 3.8) is 0 Å². The molecule has 0 heterocycles. The van der Waals surface area contributed by atoms with E-state index in [1.807, 2.05) is 36.4 Å². The molecule has 0 aliphatic carbocycles. The summed E-state index contributed by atoms with van der Waals surface area (Å²) in [4.78, 5) is 34.5. The molecule has 0 aliphatic rings. The monoisotopic (exact) mass is 460 g/mol. The van der Waals surface area contributed by atoms with Crippen LogP contribution in [0.5, 0.6) is 0 Å². The van der Waals surface area contributed by atoms with Crippen molar-refractivity contribution in [2.45, 2.75) is 9.79 Å². The second-order valence-electron chi connectivity index (χ2n) is 6.87. The van der Waals surface area contributed by atoms with Gasteiger partial charge in [-0.3, -0.25) is 20.2 Å². The van der Waals surface area contributed by atoms with E-state index in [1.54, 1.807) is 30.3 Å². The number of carbonyl (C=O) groups is 1. The number of nitro groups is 2. The molecule has 0 bridgehead atoms. The average molecular weight is 460 g/mol. The molecular formula is C23H16N4O5S. The van der Waals surface area contributed by atoms with Gasteiger partial charge in [0.2, 0.25) is 0 Å². The number of nitrogens with zero attached hydrogens (tertiary/aromatic N) is 2. The van der Waals surface area contributed by atoms with Crippen LogP contribution in [-0.2, 0) is 0 Å². The van der Waals surface area contributed by atoms with Crippen LogP contribution in [0.15, 0.2) is 94.7 Å². The fourth-order valence-corrected chi connectivity index (χ4v) is 4.22. The summed E-state index contributed by atoms with van der Waals surface area (Å²) in [7, 11) is 0. The van der Waals surface area contributed by atoms with Crippen LogP contribution < -0.4 is 10.6 Å². The Morgan fingerprint density at radius 3 is 2.18 bits per heavy atom. The van der Waals surface area contributed by atoms with Crippen LogP contribution in [0.1, 0.15) is 0 Å². The Labute approximate surface area is 191 Å². The number of urea groups is 1. The molecule has 0 saturated heterocycles. The summed E-state index contributed by atoms with van der Waals surface area (Å²) >= 11 is 1.03. The maximum atomic E-state index is 12.7. The van der Waals surface area contributed by atoms with Crippen LogP contribution in [0.25, 0.3) is 10.8 Å². The van der Waals surface area contributed by atoms with E-state index >= 15 is 0 Å². The Hall–Kier alpha value is -4.44. The molecule has 0 spiro atoms. The predicted molar refractivity (Wildman–Crippen MR) is 127 cm³/mol. The third-order valence-corrected chi connectivity index (χ3v) is 5.88. The van der Waals surface area contributed by atoms with Crippen LogP contribution in [0.2, 0.25) is 0 Å². The number of fused-ring (bicyclic) bond motifs is 1. The number of para-hydroxylation sites is 1. The van der Waals surface area contributed by atoms with Gasteiger partial charge in [-0.25, -0.2) is 4.79 Å². The molecule has 0 aromatic heterocycles. The van der Waals surface area contributed by atoms with Crippen molar-refractivity contribution in [2.24, 2.45) is 0 Å². The summed E-state index contributed by atoms with van der Waals surface area (Å²) in [5.41, 5.74) is 0.325. The molecule has 9 nitrogen and oxygen atoms in total. The van der Waals surface area contributed by atoms with Gasteiger partial charge < -0.3 is 10.6 Å². The molecular weight excluding hydrogens is 444 g/mol. The van der Waals surface area contributed by atoms with Gasteiger partial charge in [0, 0.05) is 16.3 Å². The summed E-state index contributed by atoms with van der Waals surface area (Å²) < 4.78 is 0. The minimum absolute atomic E-state index is 0.217. The number of rotatable bonds is 6. The number of nitrogens with one attached hydrogen (secondary N) is 2.